The average molecular weight is 385 g/mol. The largest absolute Gasteiger partial charge is 0.395 e. The zero-order valence-electron chi connectivity index (χ0n) is 15.9. The molecule has 7 nitrogen and oxygen atoms in total. The van der Waals surface area contributed by atoms with Crippen molar-refractivity contribution in [3.8, 4) is 0 Å². The molecule has 1 heterocycles. The second kappa shape index (κ2) is 9.64. The van der Waals surface area contributed by atoms with E-state index in [1.165, 1.54) is 4.90 Å². The number of rotatable bonds is 8. The Morgan fingerprint density at radius 2 is 1.82 bits per heavy atom. The van der Waals surface area contributed by atoms with Crippen molar-refractivity contribution < 1.29 is 19.8 Å². The molecule has 2 amide bonds. The number of nitrogens with one attached hydrogen (secondary N) is 1. The van der Waals surface area contributed by atoms with Crippen molar-refractivity contribution in [3.63, 3.8) is 0 Å². The van der Waals surface area contributed by atoms with E-state index in [4.69, 9.17) is 10.2 Å². The summed E-state index contributed by atoms with van der Waals surface area (Å²) in [5.74, 6) is -0.401. The summed E-state index contributed by atoms with van der Waals surface area (Å²) in [6.45, 7) is 1.74. The van der Waals surface area contributed by atoms with Crippen LogP contribution in [-0.2, 0) is 16.1 Å². The summed E-state index contributed by atoms with van der Waals surface area (Å²) in [4.78, 5) is 28.5. The number of carbonyl (C=O) groups excluding carboxylic acids is 2. The highest BCUT2D eigenvalue weighted by molar-refractivity contribution is 5.89. The molecule has 0 saturated carbocycles. The molecule has 0 aromatic heterocycles. The number of nitrogens with zero attached hydrogens (tertiary/aromatic N) is 2. The highest BCUT2D eigenvalue weighted by Crippen LogP contribution is 2.19. The minimum Gasteiger partial charge on any atom is -0.395 e. The van der Waals surface area contributed by atoms with Gasteiger partial charge in [-0.3, -0.25) is 14.5 Å². The van der Waals surface area contributed by atoms with Gasteiger partial charge >= 0.3 is 0 Å². The second-order valence-electron chi connectivity index (χ2n) is 6.99. The molecule has 150 valence electrons. The number of hydrogen-bond donors (Lipinski definition) is 3. The topological polar surface area (TPSA) is 93.1 Å². The van der Waals surface area contributed by atoms with Gasteiger partial charge in [0.15, 0.2) is 0 Å². The molecule has 28 heavy (non-hydrogen) atoms. The van der Waals surface area contributed by atoms with E-state index in [1.54, 1.807) is 0 Å². The van der Waals surface area contributed by atoms with Crippen molar-refractivity contribution in [2.24, 2.45) is 0 Å². The van der Waals surface area contributed by atoms with Gasteiger partial charge in [0, 0.05) is 32.7 Å². The van der Waals surface area contributed by atoms with Crippen molar-refractivity contribution in [1.82, 2.24) is 15.1 Å². The van der Waals surface area contributed by atoms with E-state index in [-0.39, 0.29) is 44.5 Å². The van der Waals surface area contributed by atoms with Crippen LogP contribution in [-0.4, -0.2) is 77.3 Å². The summed E-state index contributed by atoms with van der Waals surface area (Å²) < 4.78 is 0. The molecule has 0 bridgehead atoms. The van der Waals surface area contributed by atoms with Crippen molar-refractivity contribution in [2.75, 3.05) is 39.4 Å². The zero-order chi connectivity index (χ0) is 19.9. The van der Waals surface area contributed by atoms with Gasteiger partial charge in [0.2, 0.25) is 11.8 Å². The van der Waals surface area contributed by atoms with Crippen LogP contribution in [0.1, 0.15) is 12.0 Å². The number of carbonyl (C=O) groups is 2. The number of amides is 2. The fraction of sp³-hybridized carbons (Fsp3) is 0.429. The Morgan fingerprint density at radius 3 is 2.54 bits per heavy atom. The Hall–Kier alpha value is -2.48. The van der Waals surface area contributed by atoms with E-state index in [0.717, 1.165) is 16.3 Å². The van der Waals surface area contributed by atoms with E-state index in [9.17, 15) is 9.59 Å². The fourth-order valence-electron chi connectivity index (χ4n) is 3.64. The van der Waals surface area contributed by atoms with Crippen LogP contribution in [0.4, 0.5) is 0 Å². The Bertz CT molecular complexity index is 820. The van der Waals surface area contributed by atoms with Crippen LogP contribution in [0.15, 0.2) is 42.5 Å². The van der Waals surface area contributed by atoms with Crippen molar-refractivity contribution in [2.45, 2.75) is 19.0 Å². The molecule has 3 rings (SSSR count). The first kappa shape index (κ1) is 20.3. The summed E-state index contributed by atoms with van der Waals surface area (Å²) in [5.41, 5.74) is 1.09. The van der Waals surface area contributed by atoms with Gasteiger partial charge in [0.25, 0.3) is 0 Å². The van der Waals surface area contributed by atoms with Gasteiger partial charge < -0.3 is 20.4 Å². The summed E-state index contributed by atoms with van der Waals surface area (Å²) in [6.07, 6.45) is 0.0272. The number of benzene rings is 2. The lowest BCUT2D eigenvalue weighted by Crippen LogP contribution is -2.56. The molecule has 1 saturated heterocycles. The Morgan fingerprint density at radius 1 is 1.11 bits per heavy atom. The molecular weight excluding hydrogens is 358 g/mol. The molecule has 0 radical (unpaired) electrons. The van der Waals surface area contributed by atoms with Gasteiger partial charge in [0.1, 0.15) is 0 Å². The Kier molecular flexibility index (Phi) is 6.97. The summed E-state index contributed by atoms with van der Waals surface area (Å²) >= 11 is 0. The molecule has 0 unspecified atom stereocenters. The maximum atomic E-state index is 12.6. The van der Waals surface area contributed by atoms with Crippen LogP contribution in [0.2, 0.25) is 0 Å². The van der Waals surface area contributed by atoms with Gasteiger partial charge in [0.05, 0.1) is 25.7 Å². The van der Waals surface area contributed by atoms with Crippen molar-refractivity contribution in [1.29, 1.82) is 0 Å². The molecule has 1 atom stereocenters. The van der Waals surface area contributed by atoms with Gasteiger partial charge in [-0.1, -0.05) is 36.4 Å². The van der Waals surface area contributed by atoms with E-state index < -0.39 is 6.04 Å². The molecule has 7 heteroatoms. The third kappa shape index (κ3) is 4.86. The van der Waals surface area contributed by atoms with E-state index in [1.807, 2.05) is 17.0 Å². The predicted molar refractivity (Wildman–Crippen MR) is 107 cm³/mol. The van der Waals surface area contributed by atoms with Crippen LogP contribution < -0.4 is 5.32 Å². The van der Waals surface area contributed by atoms with E-state index >= 15 is 0 Å². The summed E-state index contributed by atoms with van der Waals surface area (Å²) in [6, 6.07) is 13.8. The molecule has 0 aliphatic carbocycles. The summed E-state index contributed by atoms with van der Waals surface area (Å²) in [5, 5.41) is 23.4. The first-order chi connectivity index (χ1) is 13.6. The van der Waals surface area contributed by atoms with E-state index in [0.29, 0.717) is 19.6 Å². The van der Waals surface area contributed by atoms with Gasteiger partial charge in [-0.2, -0.15) is 0 Å². The molecule has 1 aliphatic heterocycles. The molecular formula is C21H27N3O4. The molecule has 2 aromatic rings. The molecule has 3 N–H and O–H groups in total. The first-order valence-corrected chi connectivity index (χ1v) is 9.61. The molecule has 1 fully saturated rings. The lowest BCUT2D eigenvalue weighted by molar-refractivity contribution is -0.139. The average Bonchev–Trinajstić information content (AvgIpc) is 2.70. The zero-order valence-corrected chi connectivity index (χ0v) is 15.9. The molecule has 2 aromatic carbocycles. The smallest absolute Gasteiger partial charge is 0.237 e. The minimum atomic E-state index is -0.562. The highest BCUT2D eigenvalue weighted by atomic mass is 16.3. The molecule has 1 aliphatic rings. The van der Waals surface area contributed by atoms with Crippen LogP contribution in [0, 0.1) is 0 Å². The number of piperazine rings is 1. The maximum Gasteiger partial charge on any atom is 0.237 e. The van der Waals surface area contributed by atoms with Gasteiger partial charge in [-0.15, -0.1) is 0 Å². The number of aliphatic hydroxyl groups is 2. The van der Waals surface area contributed by atoms with Crippen LogP contribution in [0.5, 0.6) is 0 Å². The van der Waals surface area contributed by atoms with Gasteiger partial charge in [-0.05, 0) is 22.4 Å². The number of hydrogen-bond acceptors (Lipinski definition) is 5. The first-order valence-electron chi connectivity index (χ1n) is 9.61. The molecule has 0 spiro atoms. The van der Waals surface area contributed by atoms with Gasteiger partial charge in [-0.25, -0.2) is 0 Å². The Balaban J connectivity index is 1.74. The van der Waals surface area contributed by atoms with Crippen molar-refractivity contribution >= 4 is 22.6 Å². The lowest BCUT2D eigenvalue weighted by atomic mass is 10.0. The number of aliphatic hydroxyl groups excluding tert-OH is 2. The number of fused-ring (bicyclic) bond motifs is 1. The predicted octanol–water partition coefficient (Wildman–Crippen LogP) is 0.343. The Labute approximate surface area is 164 Å². The monoisotopic (exact) mass is 385 g/mol. The normalized spacial score (nSPS) is 17.5. The standard InChI is InChI=1S/C21H27N3O4/c25-11-9-23(10-12-26)20(27)14-19-21(28)22-7-8-24(19)15-16-5-6-17-3-1-2-4-18(17)13-16/h1-6,13,19,25-26H,7-12,14-15H2,(H,22,28)/t19-/m1/s1. The summed E-state index contributed by atoms with van der Waals surface area (Å²) in [7, 11) is 0. The van der Waals surface area contributed by atoms with Crippen LogP contribution >= 0.6 is 0 Å². The SMILES string of the molecule is O=C1NCCN(Cc2ccc3ccccc3c2)[C@@H]1CC(=O)N(CCO)CCO. The van der Waals surface area contributed by atoms with E-state index in [2.05, 4.69) is 35.6 Å². The fourth-order valence-corrected chi connectivity index (χ4v) is 3.64. The second-order valence-corrected chi connectivity index (χ2v) is 6.99. The van der Waals surface area contributed by atoms with Crippen molar-refractivity contribution in [3.05, 3.63) is 48.0 Å². The van der Waals surface area contributed by atoms with Crippen LogP contribution in [0.3, 0.4) is 0 Å². The minimum absolute atomic E-state index is 0.0272. The third-order valence-corrected chi connectivity index (χ3v) is 5.10. The quantitative estimate of drug-likeness (QED) is 0.610. The lowest BCUT2D eigenvalue weighted by Gasteiger charge is -2.35. The highest BCUT2D eigenvalue weighted by Gasteiger charge is 2.32. The van der Waals surface area contributed by atoms with Crippen LogP contribution in [0.25, 0.3) is 10.8 Å². The maximum absolute atomic E-state index is 12.6. The third-order valence-electron chi connectivity index (χ3n) is 5.10.